The second kappa shape index (κ2) is 9.55. The van der Waals surface area contributed by atoms with Crippen LogP contribution in [0.1, 0.15) is 29.6 Å². The summed E-state index contributed by atoms with van der Waals surface area (Å²) in [6.07, 6.45) is 2.21. The van der Waals surface area contributed by atoms with Crippen LogP contribution in [0.2, 0.25) is 0 Å². The molecule has 1 atom stereocenters. The first-order chi connectivity index (χ1) is 14.0. The SMILES string of the molecule is CNC(=O)COC(=O)c1ccc(NC(=O)C[C@@H]2SC(N3CCCC3)=NC2=O)cc1. The van der Waals surface area contributed by atoms with Gasteiger partial charge < -0.3 is 20.3 Å². The quantitative estimate of drug-likeness (QED) is 0.662. The first kappa shape index (κ1) is 20.8. The third-order valence-corrected chi connectivity index (χ3v) is 5.71. The van der Waals surface area contributed by atoms with Gasteiger partial charge in [0.1, 0.15) is 5.25 Å². The van der Waals surface area contributed by atoms with Gasteiger partial charge >= 0.3 is 5.97 Å². The second-order valence-corrected chi connectivity index (χ2v) is 7.78. The van der Waals surface area contributed by atoms with Crippen LogP contribution in [0.15, 0.2) is 29.3 Å². The zero-order valence-corrected chi connectivity index (χ0v) is 16.8. The molecule has 0 saturated carbocycles. The fraction of sp³-hybridized carbons (Fsp3) is 0.421. The number of hydrogen-bond acceptors (Lipinski definition) is 7. The molecule has 2 N–H and O–H groups in total. The molecule has 2 aliphatic rings. The van der Waals surface area contributed by atoms with Crippen LogP contribution in [-0.4, -0.2) is 65.8 Å². The van der Waals surface area contributed by atoms with E-state index in [2.05, 4.69) is 20.5 Å². The summed E-state index contributed by atoms with van der Waals surface area (Å²) in [7, 11) is 1.45. The highest BCUT2D eigenvalue weighted by Gasteiger charge is 2.33. The van der Waals surface area contributed by atoms with Gasteiger partial charge in [-0.25, -0.2) is 4.79 Å². The number of nitrogens with one attached hydrogen (secondary N) is 2. The van der Waals surface area contributed by atoms with Gasteiger partial charge in [0.25, 0.3) is 11.8 Å². The van der Waals surface area contributed by atoms with Crippen molar-refractivity contribution >= 4 is 46.3 Å². The first-order valence-corrected chi connectivity index (χ1v) is 10.2. The average Bonchev–Trinajstić information content (AvgIpc) is 3.36. The fourth-order valence-corrected chi connectivity index (χ4v) is 4.03. The predicted molar refractivity (Wildman–Crippen MR) is 109 cm³/mol. The van der Waals surface area contributed by atoms with Crippen molar-refractivity contribution in [2.45, 2.75) is 24.5 Å². The Bertz CT molecular complexity index is 834. The van der Waals surface area contributed by atoms with Crippen LogP contribution in [0.3, 0.4) is 0 Å². The molecule has 10 heteroatoms. The molecule has 3 rings (SSSR count). The Hall–Kier alpha value is -2.88. The number of aliphatic imine (C=N–C) groups is 1. The summed E-state index contributed by atoms with van der Waals surface area (Å²) >= 11 is 1.34. The lowest BCUT2D eigenvalue weighted by Crippen LogP contribution is -2.25. The van der Waals surface area contributed by atoms with Crippen molar-refractivity contribution in [3.8, 4) is 0 Å². The number of ether oxygens (including phenoxy) is 1. The predicted octanol–water partition coefficient (Wildman–Crippen LogP) is 1.01. The maximum Gasteiger partial charge on any atom is 0.338 e. The minimum atomic E-state index is -0.633. The van der Waals surface area contributed by atoms with Gasteiger partial charge in [0.2, 0.25) is 5.91 Å². The summed E-state index contributed by atoms with van der Waals surface area (Å²) in [6, 6.07) is 6.10. The molecule has 1 aromatic rings. The van der Waals surface area contributed by atoms with Gasteiger partial charge in [0.15, 0.2) is 11.8 Å². The molecule has 154 valence electrons. The van der Waals surface area contributed by atoms with Crippen LogP contribution in [0, 0.1) is 0 Å². The van der Waals surface area contributed by atoms with Crippen molar-refractivity contribution in [3.63, 3.8) is 0 Å². The minimum Gasteiger partial charge on any atom is -0.452 e. The van der Waals surface area contributed by atoms with Crippen molar-refractivity contribution in [1.29, 1.82) is 0 Å². The third-order valence-electron chi connectivity index (χ3n) is 4.49. The molecule has 1 aromatic carbocycles. The van der Waals surface area contributed by atoms with Crippen molar-refractivity contribution in [2.75, 3.05) is 32.1 Å². The van der Waals surface area contributed by atoms with Crippen LogP contribution in [0.5, 0.6) is 0 Å². The van der Waals surface area contributed by atoms with Gasteiger partial charge in [-0.2, -0.15) is 4.99 Å². The molecule has 0 unspecified atom stereocenters. The summed E-state index contributed by atoms with van der Waals surface area (Å²) in [5.74, 6) is -1.62. The van der Waals surface area contributed by atoms with E-state index in [0.717, 1.165) is 25.9 Å². The molecule has 0 aromatic heterocycles. The van der Waals surface area contributed by atoms with Crippen LogP contribution >= 0.6 is 11.8 Å². The Kier molecular flexibility index (Phi) is 6.86. The van der Waals surface area contributed by atoms with Crippen LogP contribution in [0.4, 0.5) is 5.69 Å². The van der Waals surface area contributed by atoms with E-state index < -0.39 is 17.1 Å². The number of amides is 3. The number of esters is 1. The van der Waals surface area contributed by atoms with E-state index >= 15 is 0 Å². The summed E-state index contributed by atoms with van der Waals surface area (Å²) in [5, 5.41) is 5.27. The number of benzene rings is 1. The van der Waals surface area contributed by atoms with Crippen molar-refractivity contribution in [1.82, 2.24) is 10.2 Å². The number of nitrogens with zero attached hydrogens (tertiary/aromatic N) is 2. The third kappa shape index (κ3) is 5.57. The van der Waals surface area contributed by atoms with Gasteiger partial charge in [0, 0.05) is 32.2 Å². The highest BCUT2D eigenvalue weighted by atomic mass is 32.2. The van der Waals surface area contributed by atoms with E-state index in [-0.39, 0.29) is 30.4 Å². The summed E-state index contributed by atoms with van der Waals surface area (Å²) < 4.78 is 4.86. The van der Waals surface area contributed by atoms with E-state index in [4.69, 9.17) is 4.74 Å². The molecule has 0 aliphatic carbocycles. The fourth-order valence-electron chi connectivity index (χ4n) is 2.91. The molecule has 0 spiro atoms. The first-order valence-electron chi connectivity index (χ1n) is 9.28. The highest BCUT2D eigenvalue weighted by molar-refractivity contribution is 8.15. The number of carbonyl (C=O) groups excluding carboxylic acids is 4. The van der Waals surface area contributed by atoms with E-state index in [0.29, 0.717) is 10.9 Å². The smallest absolute Gasteiger partial charge is 0.338 e. The van der Waals surface area contributed by atoms with E-state index in [1.54, 1.807) is 12.1 Å². The summed E-state index contributed by atoms with van der Waals surface area (Å²) in [4.78, 5) is 53.5. The summed E-state index contributed by atoms with van der Waals surface area (Å²) in [5.41, 5.74) is 0.756. The molecule has 2 aliphatic heterocycles. The zero-order chi connectivity index (χ0) is 20.8. The van der Waals surface area contributed by atoms with E-state index in [1.165, 1.54) is 30.9 Å². The highest BCUT2D eigenvalue weighted by Crippen LogP contribution is 2.29. The number of hydrogen-bond donors (Lipinski definition) is 2. The van der Waals surface area contributed by atoms with Crippen LogP contribution < -0.4 is 10.6 Å². The maximum absolute atomic E-state index is 12.3. The monoisotopic (exact) mass is 418 g/mol. The molecule has 0 radical (unpaired) electrons. The van der Waals surface area contributed by atoms with Crippen LogP contribution in [-0.2, 0) is 19.1 Å². The lowest BCUT2D eigenvalue weighted by Gasteiger charge is -2.16. The van der Waals surface area contributed by atoms with E-state index in [1.807, 2.05) is 0 Å². The van der Waals surface area contributed by atoms with Crippen molar-refractivity contribution < 1.29 is 23.9 Å². The molecule has 2 heterocycles. The van der Waals surface area contributed by atoms with Crippen molar-refractivity contribution in [3.05, 3.63) is 29.8 Å². The van der Waals surface area contributed by atoms with Crippen LogP contribution in [0.25, 0.3) is 0 Å². The van der Waals surface area contributed by atoms with Crippen molar-refractivity contribution in [2.24, 2.45) is 4.99 Å². The molecular weight excluding hydrogens is 396 g/mol. The Morgan fingerprint density at radius 3 is 2.52 bits per heavy atom. The molecule has 3 amide bonds. The number of amidine groups is 1. The number of carbonyl (C=O) groups is 4. The van der Waals surface area contributed by atoms with Gasteiger partial charge in [-0.15, -0.1) is 0 Å². The van der Waals surface area contributed by atoms with E-state index in [9.17, 15) is 19.2 Å². The standard InChI is InChI=1S/C19H22N4O5S/c1-20-16(25)11-28-18(27)12-4-6-13(7-5-12)21-15(24)10-14-17(26)22-19(29-14)23-8-2-3-9-23/h4-7,14H,2-3,8-11H2,1H3,(H,20,25)(H,21,24)/t14-/m0/s1. The van der Waals surface area contributed by atoms with Gasteiger partial charge in [0.05, 0.1) is 5.56 Å². The van der Waals surface area contributed by atoms with Gasteiger partial charge in [-0.05, 0) is 37.1 Å². The molecule has 9 nitrogen and oxygen atoms in total. The Labute approximate surface area is 172 Å². The van der Waals surface area contributed by atoms with Gasteiger partial charge in [-0.1, -0.05) is 11.8 Å². The topological polar surface area (TPSA) is 117 Å². The lowest BCUT2D eigenvalue weighted by atomic mass is 10.2. The number of likely N-dealkylation sites (tertiary alicyclic amines) is 1. The number of thioether (sulfide) groups is 1. The maximum atomic E-state index is 12.3. The lowest BCUT2D eigenvalue weighted by molar-refractivity contribution is -0.123. The van der Waals surface area contributed by atoms with Gasteiger partial charge in [-0.3, -0.25) is 14.4 Å². The Morgan fingerprint density at radius 2 is 1.86 bits per heavy atom. The zero-order valence-electron chi connectivity index (χ0n) is 16.0. The molecule has 1 fully saturated rings. The molecule has 0 bridgehead atoms. The largest absolute Gasteiger partial charge is 0.452 e. The Balaban J connectivity index is 1.48. The minimum absolute atomic E-state index is 0.0280. The number of rotatable bonds is 6. The normalized spacial score (nSPS) is 18.4. The Morgan fingerprint density at radius 1 is 1.17 bits per heavy atom. The second-order valence-electron chi connectivity index (χ2n) is 6.61. The number of anilines is 1. The molecule has 1 saturated heterocycles. The molecule has 29 heavy (non-hydrogen) atoms. The molecular formula is C19H22N4O5S. The average molecular weight is 418 g/mol. The summed E-state index contributed by atoms with van der Waals surface area (Å²) in [6.45, 7) is 1.44. The number of likely N-dealkylation sites (N-methyl/N-ethyl adjacent to an activating group) is 1.